The van der Waals surface area contributed by atoms with Crippen LogP contribution in [0.3, 0.4) is 0 Å². The largest absolute Gasteiger partial charge is 0.457 e. The van der Waals surface area contributed by atoms with E-state index < -0.39 is 12.2 Å². The lowest BCUT2D eigenvalue weighted by Crippen LogP contribution is -2.22. The van der Waals surface area contributed by atoms with Gasteiger partial charge >= 0.3 is 23.9 Å². The average Bonchev–Trinajstić information content (AvgIpc) is 3.23. The molecule has 0 saturated heterocycles. The predicted molar refractivity (Wildman–Crippen MR) is 237 cm³/mol. The van der Waals surface area contributed by atoms with Crippen LogP contribution in [0, 0.1) is 13.8 Å². The van der Waals surface area contributed by atoms with Crippen molar-refractivity contribution in [3.63, 3.8) is 0 Å². The summed E-state index contributed by atoms with van der Waals surface area (Å²) in [5, 5.41) is 0. The Bertz CT molecular complexity index is 1770. The van der Waals surface area contributed by atoms with Crippen LogP contribution in [0.5, 0.6) is 0 Å². The highest BCUT2D eigenvalue weighted by atomic mass is 16.6. The Balaban J connectivity index is 1.45. The molecule has 0 N–H and O–H groups in total. The molecule has 0 fully saturated rings. The first kappa shape index (κ1) is 46.6. The van der Waals surface area contributed by atoms with E-state index in [1.165, 1.54) is 0 Å². The fourth-order valence-electron chi connectivity index (χ4n) is 8.73. The van der Waals surface area contributed by atoms with Crippen LogP contribution >= 0.6 is 0 Å². The summed E-state index contributed by atoms with van der Waals surface area (Å²) in [5.74, 6) is -0.742. The predicted octanol–water partition coefficient (Wildman–Crippen LogP) is 13.9. The van der Waals surface area contributed by atoms with E-state index in [0.29, 0.717) is 51.4 Å². The van der Waals surface area contributed by atoms with Crippen LogP contribution in [0.4, 0.5) is 0 Å². The molecule has 8 nitrogen and oxygen atoms in total. The molecule has 3 aromatic rings. The molecule has 0 bridgehead atoms. The maximum atomic E-state index is 13.0. The van der Waals surface area contributed by atoms with E-state index >= 15 is 0 Å². The molecule has 8 heteroatoms. The Morgan fingerprint density at radius 2 is 0.700 bits per heavy atom. The zero-order valence-electron chi connectivity index (χ0n) is 37.3. The molecule has 0 radical (unpaired) electrons. The van der Waals surface area contributed by atoms with Crippen molar-refractivity contribution >= 4 is 23.9 Å². The third-order valence-corrected chi connectivity index (χ3v) is 12.2. The normalized spacial score (nSPS) is 18.2. The van der Waals surface area contributed by atoms with Crippen molar-refractivity contribution < 1.29 is 38.1 Å². The molecule has 0 heterocycles. The number of fused-ring (bicyclic) bond motifs is 2. The zero-order valence-corrected chi connectivity index (χ0v) is 37.3. The number of rotatable bonds is 22. The van der Waals surface area contributed by atoms with E-state index in [-0.39, 0.29) is 36.1 Å². The van der Waals surface area contributed by atoms with E-state index in [1.807, 2.05) is 0 Å². The van der Waals surface area contributed by atoms with Gasteiger partial charge in [0.15, 0.2) is 0 Å². The van der Waals surface area contributed by atoms with Crippen molar-refractivity contribution in [2.45, 2.75) is 194 Å². The third kappa shape index (κ3) is 12.8. The topological polar surface area (TPSA) is 105 Å². The van der Waals surface area contributed by atoms with Gasteiger partial charge in [-0.05, 0) is 133 Å². The first-order valence-corrected chi connectivity index (χ1v) is 23.2. The van der Waals surface area contributed by atoms with Crippen LogP contribution in [0.1, 0.15) is 214 Å². The molecule has 60 heavy (non-hydrogen) atoms. The quantitative estimate of drug-likeness (QED) is 0.0560. The lowest BCUT2D eigenvalue weighted by molar-refractivity contribution is -0.156. The van der Waals surface area contributed by atoms with Crippen LogP contribution in [0.2, 0.25) is 0 Å². The Morgan fingerprint density at radius 3 is 0.983 bits per heavy atom. The number of carbonyl (C=O) groups is 4. The zero-order chi connectivity index (χ0) is 43.0. The second kappa shape index (κ2) is 23.5. The van der Waals surface area contributed by atoms with Crippen molar-refractivity contribution in [2.24, 2.45) is 0 Å². The smallest absolute Gasteiger partial charge is 0.306 e. The molecular weight excluding hydrogens is 753 g/mol. The third-order valence-electron chi connectivity index (χ3n) is 12.2. The van der Waals surface area contributed by atoms with Crippen LogP contribution in [-0.4, -0.2) is 23.9 Å². The number of hydrogen-bond donors (Lipinski definition) is 0. The second-order valence-corrected chi connectivity index (χ2v) is 17.1. The van der Waals surface area contributed by atoms with Gasteiger partial charge in [-0.1, -0.05) is 115 Å². The first-order chi connectivity index (χ1) is 29.1. The summed E-state index contributed by atoms with van der Waals surface area (Å²) in [6.07, 6.45) is 13.7. The van der Waals surface area contributed by atoms with Gasteiger partial charge in [0.25, 0.3) is 0 Å². The Hall–Kier alpha value is -4.46. The summed E-state index contributed by atoms with van der Waals surface area (Å²) in [4.78, 5) is 51.7. The van der Waals surface area contributed by atoms with Crippen molar-refractivity contribution in [1.29, 1.82) is 0 Å². The summed E-state index contributed by atoms with van der Waals surface area (Å²) in [6, 6.07) is 16.9. The minimum atomic E-state index is -0.409. The van der Waals surface area contributed by atoms with Crippen molar-refractivity contribution in [2.75, 3.05) is 0 Å². The fourth-order valence-corrected chi connectivity index (χ4v) is 8.73. The number of aryl methyl sites for hydroxylation is 2. The lowest BCUT2D eigenvalue weighted by atomic mass is 9.83. The summed E-state index contributed by atoms with van der Waals surface area (Å²) < 4.78 is 24.4. The molecule has 0 aliphatic heterocycles. The summed E-state index contributed by atoms with van der Waals surface area (Å²) in [5.41, 5.74) is 9.93. The minimum Gasteiger partial charge on any atom is -0.457 e. The van der Waals surface area contributed by atoms with Crippen LogP contribution in [-0.2, 0) is 38.1 Å². The number of carbonyl (C=O) groups excluding carboxylic acids is 4. The molecule has 326 valence electrons. The molecule has 0 saturated carbocycles. The standard InChI is InChI=1S/C52H70O8/c1-7-11-15-19-49(53)57-45-27-29-47(59-51(55)21-17-13-9-3)43-33-37(23-25-39(43)45)41-31-36(6)42(32-35(41)5)38-24-26-40-44(34-38)48(60-52(56)22-18-14-10-4)30-28-46(40)58-50(54)20-16-12-8-2/h23-26,31-34,45-48H,7-22,27-30H2,1-6H3. The number of esters is 4. The molecule has 0 spiro atoms. The SMILES string of the molecule is CCCCCC(=O)OC1CCC(OC(=O)CCCCC)c2cc(-c3cc(C)c(-c4ccc5c(c4)C(OC(=O)CCCCC)CCC5OC(=O)CCCCC)cc3C)ccc21. The van der Waals surface area contributed by atoms with Gasteiger partial charge in [-0.25, -0.2) is 0 Å². The van der Waals surface area contributed by atoms with Gasteiger partial charge in [-0.3, -0.25) is 19.2 Å². The van der Waals surface area contributed by atoms with Crippen LogP contribution in [0.25, 0.3) is 22.3 Å². The molecule has 2 aliphatic rings. The van der Waals surface area contributed by atoms with Gasteiger partial charge in [-0.2, -0.15) is 0 Å². The number of benzene rings is 3. The van der Waals surface area contributed by atoms with Crippen LogP contribution in [0.15, 0.2) is 48.5 Å². The molecular formula is C52H70O8. The monoisotopic (exact) mass is 823 g/mol. The molecule has 4 atom stereocenters. The van der Waals surface area contributed by atoms with Gasteiger partial charge in [0.05, 0.1) is 0 Å². The summed E-state index contributed by atoms with van der Waals surface area (Å²) >= 11 is 0. The summed E-state index contributed by atoms with van der Waals surface area (Å²) in [6.45, 7) is 12.7. The Kier molecular flexibility index (Phi) is 18.3. The molecule has 5 rings (SSSR count). The Morgan fingerprint density at radius 1 is 0.417 bits per heavy atom. The average molecular weight is 823 g/mol. The van der Waals surface area contributed by atoms with E-state index in [4.69, 9.17) is 18.9 Å². The molecule has 2 aliphatic carbocycles. The van der Waals surface area contributed by atoms with Crippen LogP contribution < -0.4 is 0 Å². The van der Waals surface area contributed by atoms with Crippen molar-refractivity contribution in [1.82, 2.24) is 0 Å². The fraction of sp³-hybridized carbons (Fsp3) is 0.577. The van der Waals surface area contributed by atoms with Gasteiger partial charge in [0.1, 0.15) is 24.4 Å². The highest BCUT2D eigenvalue weighted by Gasteiger charge is 2.34. The van der Waals surface area contributed by atoms with Gasteiger partial charge < -0.3 is 18.9 Å². The highest BCUT2D eigenvalue weighted by Crippen LogP contribution is 2.45. The molecule has 4 unspecified atom stereocenters. The lowest BCUT2D eigenvalue weighted by Gasteiger charge is -2.32. The Labute approximate surface area is 359 Å². The van der Waals surface area contributed by atoms with Gasteiger partial charge in [-0.15, -0.1) is 0 Å². The number of ether oxygens (including phenoxy) is 4. The number of unbranched alkanes of at least 4 members (excludes halogenated alkanes) is 8. The molecule has 0 aromatic heterocycles. The van der Waals surface area contributed by atoms with Crippen molar-refractivity contribution in [3.05, 3.63) is 81.9 Å². The minimum absolute atomic E-state index is 0.182. The molecule has 3 aromatic carbocycles. The number of hydrogen-bond acceptors (Lipinski definition) is 8. The van der Waals surface area contributed by atoms with E-state index in [9.17, 15) is 19.2 Å². The highest BCUT2D eigenvalue weighted by molar-refractivity contribution is 5.78. The maximum Gasteiger partial charge on any atom is 0.306 e. The maximum absolute atomic E-state index is 13.0. The second-order valence-electron chi connectivity index (χ2n) is 17.1. The van der Waals surface area contributed by atoms with Gasteiger partial charge in [0, 0.05) is 25.7 Å². The van der Waals surface area contributed by atoms with E-state index in [2.05, 4.69) is 90.1 Å². The first-order valence-electron chi connectivity index (χ1n) is 23.2. The molecule has 0 amide bonds. The van der Waals surface area contributed by atoms with E-state index in [0.717, 1.165) is 133 Å². The summed E-state index contributed by atoms with van der Waals surface area (Å²) in [7, 11) is 0. The van der Waals surface area contributed by atoms with Crippen molar-refractivity contribution in [3.8, 4) is 22.3 Å². The van der Waals surface area contributed by atoms with Gasteiger partial charge in [0.2, 0.25) is 0 Å². The van der Waals surface area contributed by atoms with E-state index in [1.54, 1.807) is 0 Å².